The molecule has 0 heterocycles. The molecule has 1 aliphatic carbocycles. The van der Waals surface area contributed by atoms with Gasteiger partial charge in [-0.3, -0.25) is 9.59 Å². The lowest BCUT2D eigenvalue weighted by Gasteiger charge is -2.32. The molecule has 1 saturated carbocycles. The molecule has 1 fully saturated rings. The van der Waals surface area contributed by atoms with E-state index in [0.717, 1.165) is 59.1 Å². The van der Waals surface area contributed by atoms with E-state index in [1.54, 1.807) is 0 Å². The summed E-state index contributed by atoms with van der Waals surface area (Å²) in [6, 6.07) is 24.1. The second kappa shape index (κ2) is 12.0. The van der Waals surface area contributed by atoms with Crippen LogP contribution in [0.2, 0.25) is 0 Å². The van der Waals surface area contributed by atoms with E-state index in [1.807, 2.05) is 47.4 Å². The van der Waals surface area contributed by atoms with E-state index < -0.39 is 6.04 Å². The largest absolute Gasteiger partial charge is 0.352 e. The number of nitrogens with one attached hydrogen (secondary N) is 1. The monoisotopic (exact) mass is 482 g/mol. The van der Waals surface area contributed by atoms with Gasteiger partial charge in [-0.1, -0.05) is 102 Å². The Labute approximate surface area is 215 Å². The zero-order chi connectivity index (χ0) is 25.5. The molecule has 0 bridgehead atoms. The number of carbonyl (C=O) groups is 2. The van der Waals surface area contributed by atoms with Crippen molar-refractivity contribution in [2.24, 2.45) is 0 Å². The molecule has 0 radical (unpaired) electrons. The second-order valence-corrected chi connectivity index (χ2v) is 10.4. The van der Waals surface area contributed by atoms with E-state index in [0.29, 0.717) is 13.0 Å². The van der Waals surface area contributed by atoms with Crippen LogP contribution in [0, 0.1) is 20.8 Å². The summed E-state index contributed by atoms with van der Waals surface area (Å²) in [7, 11) is 0. The highest BCUT2D eigenvalue weighted by Gasteiger charge is 2.32. The Morgan fingerprint density at radius 2 is 1.44 bits per heavy atom. The normalized spacial score (nSPS) is 14.4. The highest BCUT2D eigenvalue weighted by atomic mass is 16.2. The maximum absolute atomic E-state index is 13.9. The summed E-state index contributed by atoms with van der Waals surface area (Å²) in [6.07, 6.45) is 5.08. The first-order valence-corrected chi connectivity index (χ1v) is 13.1. The van der Waals surface area contributed by atoms with Crippen LogP contribution in [0.3, 0.4) is 0 Å². The van der Waals surface area contributed by atoms with E-state index in [2.05, 4.69) is 56.4 Å². The van der Waals surface area contributed by atoms with Crippen molar-refractivity contribution < 1.29 is 9.59 Å². The molecular formula is C32H38N2O2. The van der Waals surface area contributed by atoms with Gasteiger partial charge in [0.15, 0.2) is 0 Å². The molecule has 0 spiro atoms. The first-order valence-electron chi connectivity index (χ1n) is 13.1. The smallest absolute Gasteiger partial charge is 0.243 e. The van der Waals surface area contributed by atoms with Crippen LogP contribution in [-0.2, 0) is 29.0 Å². The molecule has 1 N–H and O–H groups in total. The molecule has 4 heteroatoms. The Morgan fingerprint density at radius 3 is 2.11 bits per heavy atom. The third-order valence-electron chi connectivity index (χ3n) is 7.04. The van der Waals surface area contributed by atoms with Gasteiger partial charge in [0.2, 0.25) is 11.8 Å². The topological polar surface area (TPSA) is 49.4 Å². The Bertz CT molecular complexity index is 1160. The summed E-state index contributed by atoms with van der Waals surface area (Å²) in [5.41, 5.74) is 6.50. The van der Waals surface area contributed by atoms with Crippen molar-refractivity contribution in [2.45, 2.75) is 77.9 Å². The van der Waals surface area contributed by atoms with Crippen LogP contribution in [-0.4, -0.2) is 28.8 Å². The summed E-state index contributed by atoms with van der Waals surface area (Å²) < 4.78 is 0. The summed E-state index contributed by atoms with van der Waals surface area (Å²) in [5, 5.41) is 3.28. The summed E-state index contributed by atoms with van der Waals surface area (Å²) in [4.78, 5) is 29.5. The zero-order valence-corrected chi connectivity index (χ0v) is 21.8. The maximum atomic E-state index is 13.9. The minimum absolute atomic E-state index is 0.0241. The maximum Gasteiger partial charge on any atom is 0.243 e. The average molecular weight is 483 g/mol. The standard InChI is InChI=1S/C32H38N2O2/c1-23-10-9-13-27(17-23)22-34(31(35)21-28-18-24(2)16-25(3)19-28)30(20-26-11-5-4-6-12-26)32(36)33-29-14-7-8-15-29/h4-6,9-13,16-19,29-30H,7-8,14-15,20-22H2,1-3H3,(H,33,36)/t30-/m1/s1. The molecule has 0 aromatic heterocycles. The van der Waals surface area contributed by atoms with Crippen LogP contribution in [0.4, 0.5) is 0 Å². The fourth-order valence-corrected chi connectivity index (χ4v) is 5.38. The van der Waals surface area contributed by atoms with Gasteiger partial charge >= 0.3 is 0 Å². The van der Waals surface area contributed by atoms with Crippen molar-refractivity contribution in [1.82, 2.24) is 10.2 Å². The first kappa shape index (κ1) is 25.7. The Balaban J connectivity index is 1.67. The van der Waals surface area contributed by atoms with Crippen LogP contribution < -0.4 is 5.32 Å². The molecule has 0 aliphatic heterocycles. The number of hydrogen-bond donors (Lipinski definition) is 1. The van der Waals surface area contributed by atoms with Gasteiger partial charge in [0.25, 0.3) is 0 Å². The summed E-state index contributed by atoms with van der Waals surface area (Å²) >= 11 is 0. The molecule has 4 nitrogen and oxygen atoms in total. The summed E-state index contributed by atoms with van der Waals surface area (Å²) in [5.74, 6) is -0.0730. The molecule has 0 saturated heterocycles. The van der Waals surface area contributed by atoms with Gasteiger partial charge in [0.1, 0.15) is 6.04 Å². The molecule has 3 aromatic carbocycles. The van der Waals surface area contributed by atoms with Crippen molar-refractivity contribution >= 4 is 11.8 Å². The van der Waals surface area contributed by atoms with E-state index in [1.165, 1.54) is 0 Å². The van der Waals surface area contributed by atoms with Crippen LogP contribution in [0.15, 0.2) is 72.8 Å². The first-order chi connectivity index (χ1) is 17.4. The zero-order valence-electron chi connectivity index (χ0n) is 21.8. The lowest BCUT2D eigenvalue weighted by Crippen LogP contribution is -2.52. The van der Waals surface area contributed by atoms with E-state index >= 15 is 0 Å². The SMILES string of the molecule is Cc1cc(C)cc(CC(=O)N(Cc2cccc(C)c2)[C@H](Cc2ccccc2)C(=O)NC2CCCC2)c1. The lowest BCUT2D eigenvalue weighted by atomic mass is 9.99. The van der Waals surface area contributed by atoms with Crippen molar-refractivity contribution in [2.75, 3.05) is 0 Å². The van der Waals surface area contributed by atoms with E-state index in [9.17, 15) is 9.59 Å². The molecule has 0 unspecified atom stereocenters. The van der Waals surface area contributed by atoms with Crippen molar-refractivity contribution in [1.29, 1.82) is 0 Å². The van der Waals surface area contributed by atoms with Crippen LogP contribution in [0.5, 0.6) is 0 Å². The van der Waals surface area contributed by atoms with Gasteiger partial charge in [-0.15, -0.1) is 0 Å². The Hall–Kier alpha value is -3.40. The number of benzene rings is 3. The third-order valence-corrected chi connectivity index (χ3v) is 7.04. The van der Waals surface area contributed by atoms with Gasteiger partial charge in [0, 0.05) is 19.0 Å². The average Bonchev–Trinajstić information content (AvgIpc) is 3.34. The van der Waals surface area contributed by atoms with Gasteiger partial charge in [-0.2, -0.15) is 0 Å². The molecule has 1 aliphatic rings. The fourth-order valence-electron chi connectivity index (χ4n) is 5.38. The molecule has 4 rings (SSSR count). The van der Waals surface area contributed by atoms with E-state index in [-0.39, 0.29) is 24.3 Å². The highest BCUT2D eigenvalue weighted by molar-refractivity contribution is 5.89. The Kier molecular flexibility index (Phi) is 8.58. The quantitative estimate of drug-likeness (QED) is 0.416. The number of aryl methyl sites for hydroxylation is 3. The number of amides is 2. The Morgan fingerprint density at radius 1 is 0.806 bits per heavy atom. The van der Waals surface area contributed by atoms with Gasteiger partial charge < -0.3 is 10.2 Å². The molecule has 1 atom stereocenters. The fraction of sp³-hybridized carbons (Fsp3) is 0.375. The molecule has 2 amide bonds. The molecule has 36 heavy (non-hydrogen) atoms. The van der Waals surface area contributed by atoms with Gasteiger partial charge in [0.05, 0.1) is 6.42 Å². The predicted molar refractivity (Wildman–Crippen MR) is 146 cm³/mol. The number of hydrogen-bond acceptors (Lipinski definition) is 2. The van der Waals surface area contributed by atoms with Crippen molar-refractivity contribution in [3.63, 3.8) is 0 Å². The second-order valence-electron chi connectivity index (χ2n) is 10.4. The van der Waals surface area contributed by atoms with Crippen molar-refractivity contribution in [3.8, 4) is 0 Å². The van der Waals surface area contributed by atoms with Crippen LogP contribution in [0.1, 0.15) is 59.1 Å². The molecule has 3 aromatic rings. The lowest BCUT2D eigenvalue weighted by molar-refractivity contribution is -0.141. The van der Waals surface area contributed by atoms with Crippen LogP contribution in [0.25, 0.3) is 0 Å². The number of nitrogens with zero attached hydrogens (tertiary/aromatic N) is 1. The minimum atomic E-state index is -0.577. The number of carbonyl (C=O) groups excluding carboxylic acids is 2. The van der Waals surface area contributed by atoms with Gasteiger partial charge in [-0.05, 0) is 50.3 Å². The summed E-state index contributed by atoms with van der Waals surface area (Å²) in [6.45, 7) is 6.57. The van der Waals surface area contributed by atoms with Crippen LogP contribution >= 0.6 is 0 Å². The molecule has 188 valence electrons. The van der Waals surface area contributed by atoms with E-state index in [4.69, 9.17) is 0 Å². The predicted octanol–water partition coefficient (Wildman–Crippen LogP) is 5.85. The third kappa shape index (κ3) is 7.07. The minimum Gasteiger partial charge on any atom is -0.352 e. The number of rotatable bonds is 9. The highest BCUT2D eigenvalue weighted by Crippen LogP contribution is 2.21. The van der Waals surface area contributed by atoms with Gasteiger partial charge in [-0.25, -0.2) is 0 Å². The van der Waals surface area contributed by atoms with Crippen molar-refractivity contribution in [3.05, 3.63) is 106 Å². The molecular weight excluding hydrogens is 444 g/mol.